The molecular weight excluding hydrogens is 232 g/mol. The van der Waals surface area contributed by atoms with Crippen LogP contribution in [0.25, 0.3) is 0 Å². The molecule has 2 rings (SSSR count). The molecule has 5 nitrogen and oxygen atoms in total. The van der Waals surface area contributed by atoms with Gasteiger partial charge in [0.2, 0.25) is 11.8 Å². The third-order valence-corrected chi connectivity index (χ3v) is 2.98. The highest BCUT2D eigenvalue weighted by atomic mass is 19.3. The van der Waals surface area contributed by atoms with Gasteiger partial charge in [0.15, 0.2) is 5.82 Å². The number of hydrogen-bond donors (Lipinski definition) is 2. The Balaban J connectivity index is 2.09. The van der Waals surface area contributed by atoms with Gasteiger partial charge in [-0.2, -0.15) is 4.98 Å². The maximum Gasteiger partial charge on any atom is 0.248 e. The summed E-state index contributed by atoms with van der Waals surface area (Å²) in [7, 11) is 0. The van der Waals surface area contributed by atoms with E-state index in [0.717, 1.165) is 0 Å². The van der Waals surface area contributed by atoms with Crippen LogP contribution in [-0.2, 0) is 0 Å². The van der Waals surface area contributed by atoms with Crippen LogP contribution in [0.1, 0.15) is 49.4 Å². The quantitative estimate of drug-likeness (QED) is 0.842. The lowest BCUT2D eigenvalue weighted by molar-refractivity contribution is -0.0418. The summed E-state index contributed by atoms with van der Waals surface area (Å²) >= 11 is 0. The molecule has 96 valence electrons. The summed E-state index contributed by atoms with van der Waals surface area (Å²) in [4.78, 5) is 3.97. The van der Waals surface area contributed by atoms with E-state index in [4.69, 9.17) is 15.4 Å². The maximum atomic E-state index is 13.2. The molecule has 1 aromatic rings. The van der Waals surface area contributed by atoms with Crippen molar-refractivity contribution in [1.29, 1.82) is 0 Å². The highest BCUT2D eigenvalue weighted by Crippen LogP contribution is 2.40. The van der Waals surface area contributed by atoms with Crippen molar-refractivity contribution < 1.29 is 18.4 Å². The molecule has 1 saturated carbocycles. The van der Waals surface area contributed by atoms with Gasteiger partial charge in [-0.05, 0) is 12.8 Å². The summed E-state index contributed by atoms with van der Waals surface area (Å²) < 4.78 is 31.3. The van der Waals surface area contributed by atoms with E-state index < -0.39 is 12.0 Å². The molecule has 0 amide bonds. The van der Waals surface area contributed by atoms with Crippen LogP contribution >= 0.6 is 0 Å². The van der Waals surface area contributed by atoms with Crippen LogP contribution in [0.4, 0.5) is 8.78 Å². The first-order valence-corrected chi connectivity index (χ1v) is 5.59. The normalized spacial score (nSPS) is 25.8. The Labute approximate surface area is 97.0 Å². The van der Waals surface area contributed by atoms with Gasteiger partial charge in [-0.1, -0.05) is 5.16 Å². The number of aliphatic hydroxyl groups is 1. The molecule has 3 N–H and O–H groups in total. The average molecular weight is 247 g/mol. The van der Waals surface area contributed by atoms with Crippen molar-refractivity contribution in [2.75, 3.05) is 6.61 Å². The molecule has 7 heteroatoms. The Hall–Kier alpha value is -1.08. The molecular formula is C10H15F2N3O2. The molecule has 2 atom stereocenters. The van der Waals surface area contributed by atoms with Gasteiger partial charge in [0.25, 0.3) is 0 Å². The molecule has 0 aliphatic heterocycles. The fourth-order valence-electron chi connectivity index (χ4n) is 2.03. The van der Waals surface area contributed by atoms with Crippen LogP contribution < -0.4 is 5.73 Å². The highest BCUT2D eigenvalue weighted by Gasteiger charge is 2.38. The second-order valence-corrected chi connectivity index (χ2v) is 4.43. The molecule has 0 bridgehead atoms. The van der Waals surface area contributed by atoms with Crippen LogP contribution in [0.5, 0.6) is 0 Å². The molecule has 0 saturated heterocycles. The zero-order valence-electron chi connectivity index (χ0n) is 9.27. The zero-order chi connectivity index (χ0) is 12.5. The van der Waals surface area contributed by atoms with Gasteiger partial charge in [-0.25, -0.2) is 8.78 Å². The molecule has 1 heterocycles. The van der Waals surface area contributed by atoms with Crippen LogP contribution in [0.3, 0.4) is 0 Å². The third kappa shape index (κ3) is 2.78. The minimum Gasteiger partial charge on any atom is -0.394 e. The van der Waals surface area contributed by atoms with Gasteiger partial charge >= 0.3 is 0 Å². The van der Waals surface area contributed by atoms with Gasteiger partial charge in [-0.15, -0.1) is 0 Å². The lowest BCUT2D eigenvalue weighted by Crippen LogP contribution is -2.25. The van der Waals surface area contributed by atoms with Crippen molar-refractivity contribution in [3.63, 3.8) is 0 Å². The van der Waals surface area contributed by atoms with Crippen molar-refractivity contribution >= 4 is 0 Å². The van der Waals surface area contributed by atoms with Crippen LogP contribution in [0, 0.1) is 0 Å². The molecule has 1 aromatic heterocycles. The van der Waals surface area contributed by atoms with E-state index in [-0.39, 0.29) is 37.1 Å². The minimum atomic E-state index is -2.65. The predicted octanol–water partition coefficient (Wildman–Crippen LogP) is 1.35. The Kier molecular flexibility index (Phi) is 3.39. The van der Waals surface area contributed by atoms with Gasteiger partial charge in [-0.3, -0.25) is 0 Å². The molecule has 1 aliphatic rings. The first kappa shape index (κ1) is 12.4. The maximum absolute atomic E-state index is 13.2. The van der Waals surface area contributed by atoms with E-state index in [2.05, 4.69) is 10.1 Å². The second kappa shape index (κ2) is 4.66. The Morgan fingerprint density at radius 3 is 3.00 bits per heavy atom. The summed E-state index contributed by atoms with van der Waals surface area (Å²) in [6, 6.07) is -0.750. The summed E-state index contributed by atoms with van der Waals surface area (Å²) in [5.74, 6) is -2.68. The van der Waals surface area contributed by atoms with E-state index in [1.54, 1.807) is 0 Å². The standard InChI is InChI=1S/C10H15F2N3O2/c11-10(12)3-1-2-6(4-10)8-14-9(17-15-8)7(13)5-16/h6-7,16H,1-5,13H2/t6?,7-/m0/s1. The van der Waals surface area contributed by atoms with Gasteiger partial charge < -0.3 is 15.4 Å². The summed E-state index contributed by atoms with van der Waals surface area (Å²) in [5.41, 5.74) is 5.50. The SMILES string of the molecule is N[C@@H](CO)c1nc(C2CCCC(F)(F)C2)no1. The molecule has 0 spiro atoms. The number of rotatable bonds is 3. The zero-order valence-corrected chi connectivity index (χ0v) is 9.27. The number of hydrogen-bond acceptors (Lipinski definition) is 5. The van der Waals surface area contributed by atoms with Crippen molar-refractivity contribution in [1.82, 2.24) is 10.1 Å². The van der Waals surface area contributed by atoms with E-state index in [1.165, 1.54) is 0 Å². The summed E-state index contributed by atoms with van der Waals surface area (Å²) in [6.45, 7) is -0.317. The first-order chi connectivity index (χ1) is 8.02. The van der Waals surface area contributed by atoms with Crippen molar-refractivity contribution in [2.45, 2.75) is 43.6 Å². The van der Waals surface area contributed by atoms with Crippen molar-refractivity contribution in [2.24, 2.45) is 5.73 Å². The van der Waals surface area contributed by atoms with Gasteiger partial charge in [0, 0.05) is 18.8 Å². The van der Waals surface area contributed by atoms with Gasteiger partial charge in [0.05, 0.1) is 6.61 Å². The predicted molar refractivity (Wildman–Crippen MR) is 54.5 cm³/mol. The summed E-state index contributed by atoms with van der Waals surface area (Å²) in [6.07, 6.45) is 0.751. The van der Waals surface area contributed by atoms with E-state index >= 15 is 0 Å². The molecule has 1 aliphatic carbocycles. The fourth-order valence-corrected chi connectivity index (χ4v) is 2.03. The monoisotopic (exact) mass is 247 g/mol. The lowest BCUT2D eigenvalue weighted by Gasteiger charge is -2.26. The second-order valence-electron chi connectivity index (χ2n) is 4.43. The number of aliphatic hydroxyl groups excluding tert-OH is 1. The van der Waals surface area contributed by atoms with Crippen molar-refractivity contribution in [3.05, 3.63) is 11.7 Å². The first-order valence-electron chi connectivity index (χ1n) is 5.59. The summed E-state index contributed by atoms with van der Waals surface area (Å²) in [5, 5.41) is 12.5. The van der Waals surface area contributed by atoms with Crippen molar-refractivity contribution in [3.8, 4) is 0 Å². The highest BCUT2D eigenvalue weighted by molar-refractivity contribution is 5.01. The number of nitrogens with two attached hydrogens (primary N) is 1. The van der Waals surface area contributed by atoms with Crippen LogP contribution in [0.15, 0.2) is 4.52 Å². The topological polar surface area (TPSA) is 85.2 Å². The largest absolute Gasteiger partial charge is 0.394 e. The Bertz CT molecular complexity index is 383. The smallest absolute Gasteiger partial charge is 0.248 e. The number of aromatic nitrogens is 2. The molecule has 1 unspecified atom stereocenters. The van der Waals surface area contributed by atoms with Gasteiger partial charge in [0.1, 0.15) is 6.04 Å². The Morgan fingerprint density at radius 1 is 1.59 bits per heavy atom. The molecule has 1 fully saturated rings. The van der Waals surface area contributed by atoms with E-state index in [1.807, 2.05) is 0 Å². The molecule has 0 aromatic carbocycles. The molecule has 0 radical (unpaired) electrons. The Morgan fingerprint density at radius 2 is 2.35 bits per heavy atom. The third-order valence-electron chi connectivity index (χ3n) is 2.98. The van der Waals surface area contributed by atoms with Crippen LogP contribution in [0.2, 0.25) is 0 Å². The number of alkyl halides is 2. The van der Waals surface area contributed by atoms with Crippen LogP contribution in [-0.4, -0.2) is 27.8 Å². The lowest BCUT2D eigenvalue weighted by atomic mass is 9.86. The van der Waals surface area contributed by atoms with E-state index in [0.29, 0.717) is 12.8 Å². The minimum absolute atomic E-state index is 0.0790. The average Bonchev–Trinajstić information content (AvgIpc) is 2.76. The number of nitrogens with zero attached hydrogens (tertiary/aromatic N) is 2. The van der Waals surface area contributed by atoms with E-state index in [9.17, 15) is 8.78 Å². The fraction of sp³-hybridized carbons (Fsp3) is 0.800. The molecule has 17 heavy (non-hydrogen) atoms. The number of halogens is 2.